The highest BCUT2D eigenvalue weighted by Gasteiger charge is 2.25. The molecule has 0 spiro atoms. The van der Waals surface area contributed by atoms with Crippen molar-refractivity contribution in [1.29, 1.82) is 5.26 Å². The lowest BCUT2D eigenvalue weighted by Gasteiger charge is -2.40. The van der Waals surface area contributed by atoms with Crippen LogP contribution < -0.4 is 5.32 Å². The van der Waals surface area contributed by atoms with E-state index in [9.17, 15) is 10.1 Å². The number of nitrogens with zero attached hydrogens (tertiary/aromatic N) is 5. The van der Waals surface area contributed by atoms with Crippen LogP contribution in [-0.2, 0) is 11.2 Å². The molecule has 0 saturated carbocycles. The Balaban J connectivity index is 1.10. The number of carbonyl (C=O) groups is 1. The van der Waals surface area contributed by atoms with E-state index in [0.29, 0.717) is 27.9 Å². The van der Waals surface area contributed by atoms with Gasteiger partial charge in [0.05, 0.1) is 48.0 Å². The summed E-state index contributed by atoms with van der Waals surface area (Å²) in [6.45, 7) is 9.17. The van der Waals surface area contributed by atoms with Crippen molar-refractivity contribution >= 4 is 23.2 Å². The van der Waals surface area contributed by atoms with Crippen LogP contribution in [0.25, 0.3) is 5.69 Å². The summed E-state index contributed by atoms with van der Waals surface area (Å²) in [6, 6.07) is 15.9. The number of halogens is 1. The summed E-state index contributed by atoms with van der Waals surface area (Å²) in [5.41, 5.74) is 4.27. The summed E-state index contributed by atoms with van der Waals surface area (Å²) in [6.07, 6.45) is 7.05. The molecule has 1 N–H and O–H groups in total. The molecular formula is C31H37ClN6O2. The van der Waals surface area contributed by atoms with Crippen molar-refractivity contribution in [1.82, 2.24) is 19.6 Å². The molecule has 9 heteroatoms. The van der Waals surface area contributed by atoms with Gasteiger partial charge in [0, 0.05) is 29.8 Å². The summed E-state index contributed by atoms with van der Waals surface area (Å²) in [7, 11) is 0. The maximum Gasteiger partial charge on any atom is 0.259 e. The molecule has 210 valence electrons. The van der Waals surface area contributed by atoms with Crippen molar-refractivity contribution in [3.63, 3.8) is 0 Å². The van der Waals surface area contributed by atoms with Crippen LogP contribution >= 0.6 is 11.6 Å². The van der Waals surface area contributed by atoms with Gasteiger partial charge >= 0.3 is 0 Å². The molecule has 2 fully saturated rings. The van der Waals surface area contributed by atoms with Gasteiger partial charge in [0.25, 0.3) is 5.91 Å². The smallest absolute Gasteiger partial charge is 0.259 e. The van der Waals surface area contributed by atoms with Gasteiger partial charge in [-0.2, -0.15) is 10.4 Å². The summed E-state index contributed by atoms with van der Waals surface area (Å²) in [5.74, 6) is -0.258. The maximum atomic E-state index is 13.0. The molecule has 0 radical (unpaired) electrons. The lowest BCUT2D eigenvalue weighted by molar-refractivity contribution is 0.000816. The van der Waals surface area contributed by atoms with E-state index in [1.807, 2.05) is 31.2 Å². The van der Waals surface area contributed by atoms with Crippen molar-refractivity contribution in [2.45, 2.75) is 45.1 Å². The number of amides is 1. The fraction of sp³-hybridized carbons (Fsp3) is 0.452. The number of hydrogen-bond acceptors (Lipinski definition) is 6. The number of rotatable bonds is 9. The highest BCUT2D eigenvalue weighted by Crippen LogP contribution is 2.22. The van der Waals surface area contributed by atoms with E-state index < -0.39 is 0 Å². The van der Waals surface area contributed by atoms with Gasteiger partial charge in [-0.05, 0) is 101 Å². The second-order valence-corrected chi connectivity index (χ2v) is 11.1. The predicted octanol–water partition coefficient (Wildman–Crippen LogP) is 5.08. The molecule has 3 aromatic rings. The molecule has 2 aromatic carbocycles. The Hall–Kier alpha value is -3.22. The highest BCUT2D eigenvalue weighted by atomic mass is 35.5. The maximum absolute atomic E-state index is 13.0. The summed E-state index contributed by atoms with van der Waals surface area (Å²) >= 11 is 5.99. The third-order valence-electron chi connectivity index (χ3n) is 8.10. The normalized spacial score (nSPS) is 17.0. The topological polar surface area (TPSA) is 86.4 Å². The number of ether oxygens (including phenoxy) is 1. The van der Waals surface area contributed by atoms with Crippen LogP contribution in [-0.4, -0.2) is 77.5 Å². The van der Waals surface area contributed by atoms with Gasteiger partial charge in [-0.1, -0.05) is 17.7 Å². The van der Waals surface area contributed by atoms with Crippen LogP contribution in [0, 0.1) is 18.3 Å². The van der Waals surface area contributed by atoms with E-state index in [-0.39, 0.29) is 5.91 Å². The first-order chi connectivity index (χ1) is 19.5. The van der Waals surface area contributed by atoms with Crippen molar-refractivity contribution in [2.24, 2.45) is 0 Å². The second-order valence-electron chi connectivity index (χ2n) is 10.6. The van der Waals surface area contributed by atoms with E-state index in [2.05, 4.69) is 26.3 Å². The molecule has 2 aliphatic rings. The van der Waals surface area contributed by atoms with Crippen LogP contribution in [0.3, 0.4) is 0 Å². The molecule has 1 amide bonds. The molecule has 2 aliphatic heterocycles. The summed E-state index contributed by atoms with van der Waals surface area (Å²) in [5, 5.41) is 17.7. The lowest BCUT2D eigenvalue weighted by atomic mass is 10.0. The number of nitriles is 1. The van der Waals surface area contributed by atoms with E-state index in [4.69, 9.17) is 16.3 Å². The Kier molecular flexibility index (Phi) is 9.50. The molecule has 3 heterocycles. The summed E-state index contributed by atoms with van der Waals surface area (Å²) < 4.78 is 7.21. The van der Waals surface area contributed by atoms with Crippen molar-refractivity contribution < 1.29 is 9.53 Å². The molecular weight excluding hydrogens is 524 g/mol. The Morgan fingerprint density at radius 2 is 1.85 bits per heavy atom. The minimum atomic E-state index is -0.258. The van der Waals surface area contributed by atoms with Gasteiger partial charge < -0.3 is 15.0 Å². The first-order valence-corrected chi connectivity index (χ1v) is 14.6. The van der Waals surface area contributed by atoms with Crippen LogP contribution in [0.4, 0.5) is 5.69 Å². The quantitative estimate of drug-likeness (QED) is 0.367. The number of hydrogen-bond donors (Lipinski definition) is 1. The van der Waals surface area contributed by atoms with Crippen LogP contribution in [0.1, 0.15) is 52.9 Å². The number of aromatic nitrogens is 2. The molecule has 8 nitrogen and oxygen atoms in total. The van der Waals surface area contributed by atoms with Gasteiger partial charge in [-0.15, -0.1) is 0 Å². The molecule has 40 heavy (non-hydrogen) atoms. The largest absolute Gasteiger partial charge is 0.379 e. The third kappa shape index (κ3) is 6.91. The summed E-state index contributed by atoms with van der Waals surface area (Å²) in [4.78, 5) is 18.2. The molecule has 1 aromatic heterocycles. The number of piperidine rings is 1. The standard InChI is InChI=1S/C31H37ClN6O2/c1-23-30(22-34-38(23)29-9-6-26(32)7-10-29)31(39)35-27-8-5-24(25(20-27)21-33)4-2-3-13-36-14-11-28(12-15-36)37-16-18-40-19-17-37/h5-10,20,22,28H,2-4,11-19H2,1H3,(H,35,39). The van der Waals surface area contributed by atoms with E-state index in [0.717, 1.165) is 82.1 Å². The van der Waals surface area contributed by atoms with Gasteiger partial charge in [0.1, 0.15) is 0 Å². The van der Waals surface area contributed by atoms with Gasteiger partial charge in [-0.3, -0.25) is 9.69 Å². The number of nitrogens with one attached hydrogen (secondary N) is 1. The molecule has 5 rings (SSSR count). The third-order valence-corrected chi connectivity index (χ3v) is 8.36. The number of morpholine rings is 1. The van der Waals surface area contributed by atoms with Crippen LogP contribution in [0.15, 0.2) is 48.7 Å². The number of carbonyl (C=O) groups excluding carboxylic acids is 1. The molecule has 0 bridgehead atoms. The Bertz CT molecular complexity index is 1330. The van der Waals surface area contributed by atoms with Gasteiger partial charge in [0.2, 0.25) is 0 Å². The first-order valence-electron chi connectivity index (χ1n) is 14.2. The number of unbranched alkanes of at least 4 members (excludes halogenated alkanes) is 1. The molecule has 0 atom stereocenters. The number of anilines is 1. The predicted molar refractivity (Wildman–Crippen MR) is 157 cm³/mol. The van der Waals surface area contributed by atoms with Crippen LogP contribution in [0.2, 0.25) is 5.02 Å². The lowest BCUT2D eigenvalue weighted by Crippen LogP contribution is -2.49. The minimum Gasteiger partial charge on any atom is -0.379 e. The first kappa shape index (κ1) is 28.3. The number of benzene rings is 2. The monoisotopic (exact) mass is 560 g/mol. The average molecular weight is 561 g/mol. The zero-order chi connectivity index (χ0) is 27.9. The zero-order valence-electron chi connectivity index (χ0n) is 23.1. The van der Waals surface area contributed by atoms with Crippen molar-refractivity contribution in [2.75, 3.05) is 51.3 Å². The van der Waals surface area contributed by atoms with E-state index in [1.165, 1.54) is 12.8 Å². The van der Waals surface area contributed by atoms with Crippen molar-refractivity contribution in [3.8, 4) is 11.8 Å². The molecule has 0 aliphatic carbocycles. The number of likely N-dealkylation sites (tertiary alicyclic amines) is 1. The van der Waals surface area contributed by atoms with Gasteiger partial charge in [0.15, 0.2) is 0 Å². The Morgan fingerprint density at radius 3 is 2.58 bits per heavy atom. The SMILES string of the molecule is Cc1c(C(=O)Nc2ccc(CCCCN3CCC(N4CCOCC4)CC3)c(C#N)c2)cnn1-c1ccc(Cl)cc1. The fourth-order valence-electron chi connectivity index (χ4n) is 5.75. The Labute approximate surface area is 241 Å². The average Bonchev–Trinajstić information content (AvgIpc) is 3.38. The second kappa shape index (κ2) is 13.4. The molecule has 2 saturated heterocycles. The number of aryl methyl sites for hydroxylation is 1. The Morgan fingerprint density at radius 1 is 1.10 bits per heavy atom. The zero-order valence-corrected chi connectivity index (χ0v) is 23.9. The van der Waals surface area contributed by atoms with Crippen LogP contribution in [0.5, 0.6) is 0 Å². The van der Waals surface area contributed by atoms with E-state index in [1.54, 1.807) is 29.1 Å². The fourth-order valence-corrected chi connectivity index (χ4v) is 5.88. The van der Waals surface area contributed by atoms with Crippen molar-refractivity contribution in [3.05, 3.63) is 76.1 Å². The molecule has 0 unspecified atom stereocenters. The van der Waals surface area contributed by atoms with E-state index >= 15 is 0 Å². The minimum absolute atomic E-state index is 0.258. The highest BCUT2D eigenvalue weighted by molar-refractivity contribution is 6.30. The van der Waals surface area contributed by atoms with Gasteiger partial charge in [-0.25, -0.2) is 4.68 Å².